The first-order valence-corrected chi connectivity index (χ1v) is 10.5. The van der Waals surface area contributed by atoms with E-state index in [9.17, 15) is 0 Å². The Bertz CT molecular complexity index is 779. The summed E-state index contributed by atoms with van der Waals surface area (Å²) < 4.78 is 0. The molecule has 126 valence electrons. The van der Waals surface area contributed by atoms with E-state index in [0.717, 1.165) is 6.42 Å². The molecule has 0 N–H and O–H groups in total. The zero-order chi connectivity index (χ0) is 15.3. The summed E-state index contributed by atoms with van der Waals surface area (Å²) in [6.07, 6.45) is 4.69. The Morgan fingerprint density at radius 2 is 1.36 bits per heavy atom. The number of benzene rings is 2. The van der Waals surface area contributed by atoms with E-state index in [2.05, 4.69) is 74.6 Å². The van der Waals surface area contributed by atoms with Crippen LogP contribution in [0.15, 0.2) is 64.9 Å². The molecule has 0 aliphatic heterocycles. The van der Waals surface area contributed by atoms with Gasteiger partial charge in [-0.3, -0.25) is 6.08 Å². The number of hydrogen-bond acceptors (Lipinski definition) is 0. The van der Waals surface area contributed by atoms with Crippen LogP contribution in [0.3, 0.4) is 0 Å². The van der Waals surface area contributed by atoms with Crippen molar-refractivity contribution in [3.8, 4) is 11.1 Å². The van der Waals surface area contributed by atoms with E-state index in [0.29, 0.717) is 5.92 Å². The standard InChI is InChI=1S/C21H20Si.2ClH.Zr/c1-14-15(12-13-20(14)22(2)3)21-18-10-6-4-8-16(18)17-9-5-7-11-19(17)21;;;/h4-11,21H,12H2,1-3H3;2*1H;/q-1;;;+3/p-2. The van der Waals surface area contributed by atoms with Gasteiger partial charge in [0.05, 0.1) is 0 Å². The Morgan fingerprint density at radius 3 is 1.80 bits per heavy atom. The van der Waals surface area contributed by atoms with Gasteiger partial charge >= 0.3 is 26.2 Å². The molecule has 0 amide bonds. The molecule has 0 atom stereocenters. The number of allylic oxidation sites excluding steroid dienone is 4. The number of fused-ring (bicyclic) bond motifs is 3. The Morgan fingerprint density at radius 1 is 0.880 bits per heavy atom. The first-order chi connectivity index (χ1) is 10.7. The molecule has 0 unspecified atom stereocenters. The molecule has 0 saturated heterocycles. The zero-order valence-electron chi connectivity index (χ0n) is 14.7. The van der Waals surface area contributed by atoms with Crippen molar-refractivity contribution in [2.45, 2.75) is 32.4 Å². The topological polar surface area (TPSA) is 0 Å². The third kappa shape index (κ3) is 3.69. The number of halogens is 2. The second-order valence-electron chi connectivity index (χ2n) is 6.49. The largest absolute Gasteiger partial charge is 3.00 e. The molecule has 2 aromatic carbocycles. The summed E-state index contributed by atoms with van der Waals surface area (Å²) in [5.74, 6) is 0.429. The van der Waals surface area contributed by atoms with E-state index in [1.54, 1.807) is 5.57 Å². The van der Waals surface area contributed by atoms with E-state index < -0.39 is 8.80 Å². The molecule has 2 aliphatic rings. The fourth-order valence-corrected chi connectivity index (χ4v) is 5.36. The minimum absolute atomic E-state index is 0. The van der Waals surface area contributed by atoms with Crippen molar-refractivity contribution in [1.29, 1.82) is 0 Å². The number of hydrogen-bond donors (Lipinski definition) is 0. The van der Waals surface area contributed by atoms with E-state index in [1.165, 1.54) is 33.0 Å². The molecule has 25 heavy (non-hydrogen) atoms. The van der Waals surface area contributed by atoms with E-state index >= 15 is 0 Å². The van der Waals surface area contributed by atoms with Gasteiger partial charge in [-0.05, 0) is 22.3 Å². The molecule has 2 aliphatic carbocycles. The maximum Gasteiger partial charge on any atom is 3.00 e. The van der Waals surface area contributed by atoms with E-state index in [-0.39, 0.29) is 51.0 Å². The predicted molar refractivity (Wildman–Crippen MR) is 95.3 cm³/mol. The summed E-state index contributed by atoms with van der Waals surface area (Å²) in [5, 5.41) is 1.52. The first kappa shape index (κ1) is 22.6. The average molecular weight is 463 g/mol. The third-order valence-electron chi connectivity index (χ3n) is 4.99. The molecule has 4 rings (SSSR count). The third-order valence-corrected chi connectivity index (χ3v) is 6.55. The molecule has 0 aromatic heterocycles. The van der Waals surface area contributed by atoms with Crippen LogP contribution >= 0.6 is 0 Å². The normalized spacial score (nSPS) is 15.0. The minimum Gasteiger partial charge on any atom is -1.00 e. The first-order valence-electron chi connectivity index (χ1n) is 7.98. The van der Waals surface area contributed by atoms with E-state index in [4.69, 9.17) is 0 Å². The molecule has 0 bridgehead atoms. The molecular weight excluding hydrogens is 442 g/mol. The van der Waals surface area contributed by atoms with Crippen LogP contribution < -0.4 is 24.8 Å². The van der Waals surface area contributed by atoms with Crippen LogP contribution in [0.4, 0.5) is 0 Å². The van der Waals surface area contributed by atoms with Gasteiger partial charge in [-0.15, -0.1) is 13.3 Å². The minimum atomic E-state index is -0.428. The van der Waals surface area contributed by atoms with Crippen LogP contribution in [0.5, 0.6) is 0 Å². The van der Waals surface area contributed by atoms with Crippen LogP contribution in [-0.4, -0.2) is 8.80 Å². The van der Waals surface area contributed by atoms with Gasteiger partial charge in [-0.1, -0.05) is 61.6 Å². The van der Waals surface area contributed by atoms with Gasteiger partial charge in [0.2, 0.25) is 0 Å². The van der Waals surface area contributed by atoms with Gasteiger partial charge in [0.25, 0.3) is 0 Å². The van der Waals surface area contributed by atoms with Gasteiger partial charge in [0.1, 0.15) is 0 Å². The average Bonchev–Trinajstić information content (AvgIpc) is 3.05. The fourth-order valence-electron chi connectivity index (χ4n) is 4.01. The van der Waals surface area contributed by atoms with Crippen molar-refractivity contribution in [1.82, 2.24) is 0 Å². The van der Waals surface area contributed by atoms with Gasteiger partial charge < -0.3 is 24.8 Å². The summed E-state index contributed by atoms with van der Waals surface area (Å²) in [6.45, 7) is 7.05. The number of rotatable bonds is 2. The van der Waals surface area contributed by atoms with Crippen molar-refractivity contribution in [2.24, 2.45) is 0 Å². The van der Waals surface area contributed by atoms with Gasteiger partial charge in [0, 0.05) is 14.7 Å². The van der Waals surface area contributed by atoms with E-state index in [1.807, 2.05) is 0 Å². The van der Waals surface area contributed by atoms with Crippen LogP contribution in [0.2, 0.25) is 13.1 Å². The Balaban J connectivity index is 0.00000104. The summed E-state index contributed by atoms with van der Waals surface area (Å²) >= 11 is 0. The van der Waals surface area contributed by atoms with Gasteiger partial charge in [-0.2, -0.15) is 5.57 Å². The SMILES string of the molecule is CC1=C(C2c3ccccc3-c3ccccc32)C[C-]=C1[Si](C)C.[Cl-].[Cl-].[Zr+3]. The summed E-state index contributed by atoms with van der Waals surface area (Å²) in [6, 6.07) is 17.8. The monoisotopic (exact) mass is 460 g/mol. The summed E-state index contributed by atoms with van der Waals surface area (Å²) in [4.78, 5) is 0. The molecule has 2 aromatic rings. The molecule has 0 saturated carbocycles. The molecule has 0 spiro atoms. The molecule has 0 heterocycles. The maximum atomic E-state index is 3.68. The van der Waals surface area contributed by atoms with Crippen molar-refractivity contribution in [2.75, 3.05) is 0 Å². The molecular formula is C21H20Cl2SiZr. The van der Waals surface area contributed by atoms with Crippen molar-refractivity contribution in [3.63, 3.8) is 0 Å². The Hall–Kier alpha value is -0.400. The summed E-state index contributed by atoms with van der Waals surface area (Å²) in [7, 11) is -0.428. The Kier molecular flexibility index (Phi) is 8.15. The summed E-state index contributed by atoms with van der Waals surface area (Å²) in [5.41, 5.74) is 8.85. The Labute approximate surface area is 184 Å². The second-order valence-corrected chi connectivity index (χ2v) is 8.99. The quantitative estimate of drug-likeness (QED) is 0.419. The van der Waals surface area contributed by atoms with Crippen LogP contribution in [0, 0.1) is 6.08 Å². The van der Waals surface area contributed by atoms with Gasteiger partial charge in [0.15, 0.2) is 0 Å². The molecule has 0 nitrogen and oxygen atoms in total. The van der Waals surface area contributed by atoms with Crippen molar-refractivity contribution < 1.29 is 51.0 Å². The van der Waals surface area contributed by atoms with Crippen LogP contribution in [0.25, 0.3) is 11.1 Å². The smallest absolute Gasteiger partial charge is 1.00 e. The van der Waals surface area contributed by atoms with Crippen LogP contribution in [-0.2, 0) is 26.2 Å². The van der Waals surface area contributed by atoms with Crippen molar-refractivity contribution >= 4 is 8.80 Å². The van der Waals surface area contributed by atoms with Crippen LogP contribution in [0.1, 0.15) is 30.4 Å². The molecule has 4 heteroatoms. The molecule has 0 fully saturated rings. The second kappa shape index (κ2) is 9.00. The van der Waals surface area contributed by atoms with Gasteiger partial charge in [-0.25, -0.2) is 10.8 Å². The zero-order valence-corrected chi connectivity index (χ0v) is 19.6. The predicted octanol–water partition coefficient (Wildman–Crippen LogP) is -0.452. The van der Waals surface area contributed by atoms with Crippen molar-refractivity contribution in [3.05, 3.63) is 82.1 Å². The maximum absolute atomic E-state index is 3.68. The fraction of sp³-hybridized carbons (Fsp3) is 0.238. The molecule has 2 radical (unpaired) electrons.